The lowest BCUT2D eigenvalue weighted by Crippen LogP contribution is -1.89. The maximum Gasteiger partial charge on any atom is 0.192 e. The fourth-order valence-corrected chi connectivity index (χ4v) is 2.69. The fourth-order valence-electron chi connectivity index (χ4n) is 2.69. The molecule has 0 aliphatic heterocycles. The SMILES string of the molecule is Cc1cccc(-c2nc(C)oc2-c2ccc3ncccc3c2)n1. The highest BCUT2D eigenvalue weighted by atomic mass is 16.4. The van der Waals surface area contributed by atoms with Crippen LogP contribution in [0.5, 0.6) is 0 Å². The van der Waals surface area contributed by atoms with Gasteiger partial charge >= 0.3 is 0 Å². The molecule has 4 nitrogen and oxygen atoms in total. The Morgan fingerprint density at radius 1 is 0.913 bits per heavy atom. The highest BCUT2D eigenvalue weighted by Crippen LogP contribution is 2.33. The lowest BCUT2D eigenvalue weighted by Gasteiger charge is -2.03. The number of aryl methyl sites for hydroxylation is 2. The standard InChI is InChI=1S/C19H15N3O/c1-12-5-3-7-17(21-12)18-19(23-13(2)22-18)15-8-9-16-14(11-15)6-4-10-20-16/h3-11H,1-2H3. The van der Waals surface area contributed by atoms with Crippen molar-refractivity contribution in [1.82, 2.24) is 15.0 Å². The van der Waals surface area contributed by atoms with Gasteiger partial charge in [0.25, 0.3) is 0 Å². The summed E-state index contributed by atoms with van der Waals surface area (Å²) in [6.45, 7) is 3.82. The lowest BCUT2D eigenvalue weighted by atomic mass is 10.1. The molecule has 0 spiro atoms. The zero-order valence-corrected chi connectivity index (χ0v) is 12.9. The number of hydrogen-bond donors (Lipinski definition) is 0. The van der Waals surface area contributed by atoms with E-state index in [4.69, 9.17) is 4.42 Å². The van der Waals surface area contributed by atoms with E-state index in [1.807, 2.05) is 56.3 Å². The summed E-state index contributed by atoms with van der Waals surface area (Å²) in [5.41, 5.74) is 4.49. The molecule has 4 aromatic rings. The minimum Gasteiger partial charge on any atom is -0.440 e. The summed E-state index contributed by atoms with van der Waals surface area (Å²) in [5.74, 6) is 1.37. The van der Waals surface area contributed by atoms with Crippen LogP contribution in [-0.4, -0.2) is 15.0 Å². The lowest BCUT2D eigenvalue weighted by molar-refractivity contribution is 0.534. The average Bonchev–Trinajstić information content (AvgIpc) is 2.96. The predicted molar refractivity (Wildman–Crippen MR) is 89.9 cm³/mol. The summed E-state index contributed by atoms with van der Waals surface area (Å²) in [5, 5.41) is 1.07. The molecule has 3 aromatic heterocycles. The molecule has 112 valence electrons. The monoisotopic (exact) mass is 301 g/mol. The molecule has 0 radical (unpaired) electrons. The van der Waals surface area contributed by atoms with E-state index in [0.717, 1.165) is 39.3 Å². The van der Waals surface area contributed by atoms with Crippen LogP contribution < -0.4 is 0 Å². The number of fused-ring (bicyclic) bond motifs is 1. The van der Waals surface area contributed by atoms with Crippen LogP contribution in [0.3, 0.4) is 0 Å². The van der Waals surface area contributed by atoms with Gasteiger partial charge in [-0.15, -0.1) is 0 Å². The third kappa shape index (κ3) is 2.48. The summed E-state index contributed by atoms with van der Waals surface area (Å²) in [6.07, 6.45) is 1.79. The molecule has 0 unspecified atom stereocenters. The summed E-state index contributed by atoms with van der Waals surface area (Å²) in [7, 11) is 0. The van der Waals surface area contributed by atoms with E-state index in [-0.39, 0.29) is 0 Å². The van der Waals surface area contributed by atoms with Crippen LogP contribution in [0, 0.1) is 13.8 Å². The Balaban J connectivity index is 1.91. The van der Waals surface area contributed by atoms with Crippen molar-refractivity contribution in [2.24, 2.45) is 0 Å². The van der Waals surface area contributed by atoms with Crippen LogP contribution in [0.4, 0.5) is 0 Å². The van der Waals surface area contributed by atoms with Crippen LogP contribution in [0.2, 0.25) is 0 Å². The van der Waals surface area contributed by atoms with E-state index < -0.39 is 0 Å². The number of hydrogen-bond acceptors (Lipinski definition) is 4. The fraction of sp³-hybridized carbons (Fsp3) is 0.105. The molecule has 1 aromatic carbocycles. The molecular formula is C19H15N3O. The molecule has 0 saturated carbocycles. The highest BCUT2D eigenvalue weighted by molar-refractivity contribution is 5.86. The normalized spacial score (nSPS) is 11.0. The van der Waals surface area contributed by atoms with Crippen molar-refractivity contribution >= 4 is 10.9 Å². The number of aromatic nitrogens is 3. The summed E-state index contributed by atoms with van der Waals surface area (Å²) < 4.78 is 5.87. The Hall–Kier alpha value is -3.01. The minimum absolute atomic E-state index is 0.629. The molecule has 0 fully saturated rings. The maximum absolute atomic E-state index is 5.87. The smallest absolute Gasteiger partial charge is 0.192 e. The summed E-state index contributed by atoms with van der Waals surface area (Å²) in [6, 6.07) is 16.0. The second kappa shape index (κ2) is 5.32. The average molecular weight is 301 g/mol. The predicted octanol–water partition coefficient (Wildman–Crippen LogP) is 4.57. The first-order valence-electron chi connectivity index (χ1n) is 7.47. The molecule has 0 aliphatic carbocycles. The van der Waals surface area contributed by atoms with E-state index in [2.05, 4.69) is 21.0 Å². The van der Waals surface area contributed by atoms with Gasteiger partial charge in [0.05, 0.1) is 11.2 Å². The van der Waals surface area contributed by atoms with E-state index in [0.29, 0.717) is 5.89 Å². The van der Waals surface area contributed by atoms with E-state index in [1.165, 1.54) is 0 Å². The van der Waals surface area contributed by atoms with Crippen molar-refractivity contribution < 1.29 is 4.42 Å². The van der Waals surface area contributed by atoms with Crippen LogP contribution >= 0.6 is 0 Å². The van der Waals surface area contributed by atoms with Crippen LogP contribution in [0.25, 0.3) is 33.6 Å². The maximum atomic E-state index is 5.87. The van der Waals surface area contributed by atoms with Gasteiger partial charge in [0.15, 0.2) is 11.7 Å². The molecule has 0 aliphatic rings. The number of oxazole rings is 1. The minimum atomic E-state index is 0.629. The Bertz CT molecular complexity index is 1000. The largest absolute Gasteiger partial charge is 0.440 e. The van der Waals surface area contributed by atoms with E-state index in [9.17, 15) is 0 Å². The third-order valence-electron chi connectivity index (χ3n) is 3.73. The van der Waals surface area contributed by atoms with E-state index in [1.54, 1.807) is 6.20 Å². The van der Waals surface area contributed by atoms with Gasteiger partial charge in [-0.2, -0.15) is 0 Å². The molecular weight excluding hydrogens is 286 g/mol. The van der Waals surface area contributed by atoms with Crippen molar-refractivity contribution in [2.75, 3.05) is 0 Å². The molecule has 0 N–H and O–H groups in total. The second-order valence-electron chi connectivity index (χ2n) is 5.49. The van der Waals surface area contributed by atoms with E-state index >= 15 is 0 Å². The van der Waals surface area contributed by atoms with Gasteiger partial charge in [-0.05, 0) is 43.3 Å². The molecule has 0 saturated heterocycles. The molecule has 0 bridgehead atoms. The first kappa shape index (κ1) is 13.6. The quantitative estimate of drug-likeness (QED) is 0.544. The van der Waals surface area contributed by atoms with Crippen LogP contribution in [0.1, 0.15) is 11.6 Å². The second-order valence-corrected chi connectivity index (χ2v) is 5.49. The van der Waals surface area contributed by atoms with Crippen molar-refractivity contribution in [3.8, 4) is 22.7 Å². The molecule has 23 heavy (non-hydrogen) atoms. The summed E-state index contributed by atoms with van der Waals surface area (Å²) in [4.78, 5) is 13.5. The zero-order chi connectivity index (χ0) is 15.8. The van der Waals surface area contributed by atoms with Crippen LogP contribution in [-0.2, 0) is 0 Å². The first-order chi connectivity index (χ1) is 11.2. The molecule has 3 heterocycles. The molecule has 4 heteroatoms. The van der Waals surface area contributed by atoms with Crippen molar-refractivity contribution in [3.63, 3.8) is 0 Å². The van der Waals surface area contributed by atoms with Crippen molar-refractivity contribution in [2.45, 2.75) is 13.8 Å². The Morgan fingerprint density at radius 2 is 1.83 bits per heavy atom. The first-order valence-corrected chi connectivity index (χ1v) is 7.47. The number of benzene rings is 1. The Kier molecular flexibility index (Phi) is 3.15. The molecule has 0 amide bonds. The van der Waals surface area contributed by atoms with Crippen molar-refractivity contribution in [3.05, 3.63) is 66.3 Å². The van der Waals surface area contributed by atoms with Gasteiger partial charge in [0.1, 0.15) is 5.69 Å². The zero-order valence-electron chi connectivity index (χ0n) is 12.9. The molecule has 4 rings (SSSR count). The third-order valence-corrected chi connectivity index (χ3v) is 3.73. The Morgan fingerprint density at radius 3 is 2.70 bits per heavy atom. The highest BCUT2D eigenvalue weighted by Gasteiger charge is 2.16. The topological polar surface area (TPSA) is 51.8 Å². The molecule has 0 atom stereocenters. The number of pyridine rings is 2. The van der Waals surface area contributed by atoms with Gasteiger partial charge in [0.2, 0.25) is 0 Å². The van der Waals surface area contributed by atoms with Gasteiger partial charge in [-0.1, -0.05) is 12.1 Å². The number of nitrogens with zero attached hydrogens (tertiary/aromatic N) is 3. The van der Waals surface area contributed by atoms with Gasteiger partial charge in [-0.25, -0.2) is 4.98 Å². The Labute approximate surface area is 133 Å². The number of rotatable bonds is 2. The van der Waals surface area contributed by atoms with Gasteiger partial charge in [0, 0.05) is 29.8 Å². The summed E-state index contributed by atoms with van der Waals surface area (Å²) >= 11 is 0. The van der Waals surface area contributed by atoms with Gasteiger partial charge < -0.3 is 4.42 Å². The van der Waals surface area contributed by atoms with Crippen LogP contribution in [0.15, 0.2) is 59.1 Å². The van der Waals surface area contributed by atoms with Gasteiger partial charge in [-0.3, -0.25) is 9.97 Å². The van der Waals surface area contributed by atoms with Crippen molar-refractivity contribution in [1.29, 1.82) is 0 Å².